The van der Waals surface area contributed by atoms with Gasteiger partial charge in [0.2, 0.25) is 5.91 Å². The first kappa shape index (κ1) is 17.5. The fourth-order valence-corrected chi connectivity index (χ4v) is 2.85. The number of carbonyl (C=O) groups excluding carboxylic acids is 1. The molecule has 1 amide bonds. The van der Waals surface area contributed by atoms with Crippen LogP contribution in [-0.2, 0) is 11.3 Å². The molecule has 0 aromatic heterocycles. The minimum Gasteiger partial charge on any atom is -0.491 e. The molecule has 4 nitrogen and oxygen atoms in total. The van der Waals surface area contributed by atoms with Crippen LogP contribution >= 0.6 is 0 Å². The lowest BCUT2D eigenvalue weighted by atomic mass is 10.2. The van der Waals surface area contributed by atoms with E-state index in [4.69, 9.17) is 4.74 Å². The summed E-state index contributed by atoms with van der Waals surface area (Å²) in [7, 11) is 0. The number of nitrogens with one attached hydrogen (secondary N) is 1. The molecule has 2 aromatic rings. The molecule has 0 radical (unpaired) electrons. The number of amides is 1. The normalized spacial score (nSPS) is 13.7. The van der Waals surface area contributed by atoms with Crippen LogP contribution in [-0.4, -0.2) is 30.0 Å². The Morgan fingerprint density at radius 1 is 1.12 bits per heavy atom. The van der Waals surface area contributed by atoms with Crippen LogP contribution in [0, 0.1) is 0 Å². The zero-order valence-corrected chi connectivity index (χ0v) is 14.8. The predicted octanol–water partition coefficient (Wildman–Crippen LogP) is 4.08. The molecular formula is C21H26N2O2. The lowest BCUT2D eigenvalue weighted by Crippen LogP contribution is -2.34. The molecule has 25 heavy (non-hydrogen) atoms. The van der Waals surface area contributed by atoms with Crippen LogP contribution in [0.4, 0.5) is 5.69 Å². The summed E-state index contributed by atoms with van der Waals surface area (Å²) in [6.07, 6.45) is 3.29. The third-order valence-electron chi connectivity index (χ3n) is 4.26. The quantitative estimate of drug-likeness (QED) is 0.749. The van der Waals surface area contributed by atoms with Gasteiger partial charge in [-0.2, -0.15) is 0 Å². The van der Waals surface area contributed by atoms with Crippen molar-refractivity contribution in [3.05, 3.63) is 60.2 Å². The third kappa shape index (κ3) is 5.33. The standard InChI is InChI=1S/C21H26N2O2/c1-2-14-25-20-11-7-6-10-19(20)22-21(24)16-23(18-12-13-18)15-17-8-4-3-5-9-17/h3-11,18H,2,12-16H2,1H3,(H,22,24). The van der Waals surface area contributed by atoms with E-state index in [-0.39, 0.29) is 5.91 Å². The molecular weight excluding hydrogens is 312 g/mol. The number of hydrogen-bond donors (Lipinski definition) is 1. The van der Waals surface area contributed by atoms with E-state index in [9.17, 15) is 4.79 Å². The van der Waals surface area contributed by atoms with Crippen molar-refractivity contribution in [1.82, 2.24) is 4.90 Å². The van der Waals surface area contributed by atoms with Crippen molar-refractivity contribution in [2.75, 3.05) is 18.5 Å². The van der Waals surface area contributed by atoms with E-state index in [0.717, 1.165) is 24.4 Å². The number of rotatable bonds is 9. The maximum absolute atomic E-state index is 12.6. The average Bonchev–Trinajstić information content (AvgIpc) is 3.46. The minimum absolute atomic E-state index is 0.00961. The first-order valence-electron chi connectivity index (χ1n) is 9.06. The highest BCUT2D eigenvalue weighted by Crippen LogP contribution is 2.29. The second kappa shape index (κ2) is 8.67. The van der Waals surface area contributed by atoms with Crippen LogP contribution in [0.15, 0.2) is 54.6 Å². The van der Waals surface area contributed by atoms with Crippen molar-refractivity contribution in [1.29, 1.82) is 0 Å². The Morgan fingerprint density at radius 2 is 1.84 bits per heavy atom. The number of benzene rings is 2. The van der Waals surface area contributed by atoms with Crippen molar-refractivity contribution in [2.24, 2.45) is 0 Å². The molecule has 132 valence electrons. The summed E-state index contributed by atoms with van der Waals surface area (Å²) in [4.78, 5) is 14.8. The lowest BCUT2D eigenvalue weighted by Gasteiger charge is -2.22. The molecule has 0 saturated heterocycles. The number of nitrogens with zero attached hydrogens (tertiary/aromatic N) is 1. The molecule has 0 aliphatic heterocycles. The van der Waals surface area contributed by atoms with Crippen LogP contribution in [0.2, 0.25) is 0 Å². The number of anilines is 1. The smallest absolute Gasteiger partial charge is 0.238 e. The Balaban J connectivity index is 1.61. The van der Waals surface area contributed by atoms with Gasteiger partial charge in [-0.15, -0.1) is 0 Å². The van der Waals surface area contributed by atoms with Gasteiger partial charge >= 0.3 is 0 Å². The van der Waals surface area contributed by atoms with E-state index in [1.54, 1.807) is 0 Å². The summed E-state index contributed by atoms with van der Waals surface area (Å²) in [5.41, 5.74) is 1.99. The van der Waals surface area contributed by atoms with Gasteiger partial charge in [0, 0.05) is 12.6 Å². The summed E-state index contributed by atoms with van der Waals surface area (Å²) in [5.74, 6) is 0.745. The maximum Gasteiger partial charge on any atom is 0.238 e. The molecule has 4 heteroatoms. The molecule has 0 unspecified atom stereocenters. The Bertz CT molecular complexity index is 683. The first-order valence-corrected chi connectivity index (χ1v) is 9.06. The van der Waals surface area contributed by atoms with E-state index in [2.05, 4.69) is 29.3 Å². The summed E-state index contributed by atoms with van der Waals surface area (Å²) >= 11 is 0. The van der Waals surface area contributed by atoms with E-state index in [1.807, 2.05) is 42.5 Å². The third-order valence-corrected chi connectivity index (χ3v) is 4.26. The molecule has 3 rings (SSSR count). The summed E-state index contributed by atoms with van der Waals surface area (Å²) in [5, 5.41) is 3.01. The Morgan fingerprint density at radius 3 is 2.56 bits per heavy atom. The van der Waals surface area contributed by atoms with Gasteiger partial charge in [-0.1, -0.05) is 49.4 Å². The van der Waals surface area contributed by atoms with Gasteiger partial charge in [-0.05, 0) is 37.0 Å². The number of carbonyl (C=O) groups is 1. The topological polar surface area (TPSA) is 41.6 Å². The van der Waals surface area contributed by atoms with Gasteiger partial charge in [0.05, 0.1) is 18.8 Å². The molecule has 0 spiro atoms. The van der Waals surface area contributed by atoms with Crippen LogP contribution in [0.1, 0.15) is 31.7 Å². The maximum atomic E-state index is 12.6. The Labute approximate surface area is 149 Å². The molecule has 1 aliphatic rings. The highest BCUT2D eigenvalue weighted by atomic mass is 16.5. The first-order chi connectivity index (χ1) is 12.3. The number of para-hydroxylation sites is 2. The van der Waals surface area contributed by atoms with Gasteiger partial charge in [0.15, 0.2) is 0 Å². The average molecular weight is 338 g/mol. The molecule has 1 fully saturated rings. The van der Waals surface area contributed by atoms with E-state index in [0.29, 0.717) is 19.2 Å². The molecule has 1 N–H and O–H groups in total. The molecule has 1 aliphatic carbocycles. The second-order valence-corrected chi connectivity index (χ2v) is 6.51. The predicted molar refractivity (Wildman–Crippen MR) is 101 cm³/mol. The molecule has 0 bridgehead atoms. The summed E-state index contributed by atoms with van der Waals surface area (Å²) in [6.45, 7) is 3.93. The van der Waals surface area contributed by atoms with Gasteiger partial charge in [0.25, 0.3) is 0 Å². The second-order valence-electron chi connectivity index (χ2n) is 6.51. The Hall–Kier alpha value is -2.33. The molecule has 0 heterocycles. The van der Waals surface area contributed by atoms with Gasteiger partial charge in [-0.3, -0.25) is 9.69 Å². The number of ether oxygens (including phenoxy) is 1. The van der Waals surface area contributed by atoms with E-state index in [1.165, 1.54) is 18.4 Å². The molecule has 1 saturated carbocycles. The lowest BCUT2D eigenvalue weighted by molar-refractivity contribution is -0.117. The van der Waals surface area contributed by atoms with Gasteiger partial charge < -0.3 is 10.1 Å². The van der Waals surface area contributed by atoms with Crippen molar-refractivity contribution in [3.8, 4) is 5.75 Å². The van der Waals surface area contributed by atoms with Crippen LogP contribution < -0.4 is 10.1 Å². The molecule has 0 atom stereocenters. The highest BCUT2D eigenvalue weighted by molar-refractivity contribution is 5.93. The van der Waals surface area contributed by atoms with Gasteiger partial charge in [-0.25, -0.2) is 0 Å². The largest absolute Gasteiger partial charge is 0.491 e. The van der Waals surface area contributed by atoms with Crippen molar-refractivity contribution in [2.45, 2.75) is 38.8 Å². The van der Waals surface area contributed by atoms with Crippen molar-refractivity contribution in [3.63, 3.8) is 0 Å². The van der Waals surface area contributed by atoms with E-state index < -0.39 is 0 Å². The minimum atomic E-state index is 0.00961. The van der Waals surface area contributed by atoms with Crippen LogP contribution in [0.3, 0.4) is 0 Å². The summed E-state index contributed by atoms with van der Waals surface area (Å²) < 4.78 is 5.72. The fourth-order valence-electron chi connectivity index (χ4n) is 2.85. The Kier molecular flexibility index (Phi) is 6.07. The molecule has 2 aromatic carbocycles. The van der Waals surface area contributed by atoms with Crippen LogP contribution in [0.5, 0.6) is 5.75 Å². The SMILES string of the molecule is CCCOc1ccccc1NC(=O)CN(Cc1ccccc1)C1CC1. The van der Waals surface area contributed by atoms with Crippen molar-refractivity contribution < 1.29 is 9.53 Å². The van der Waals surface area contributed by atoms with Crippen molar-refractivity contribution >= 4 is 11.6 Å². The monoisotopic (exact) mass is 338 g/mol. The zero-order chi connectivity index (χ0) is 17.5. The summed E-state index contributed by atoms with van der Waals surface area (Å²) in [6, 6.07) is 18.5. The van der Waals surface area contributed by atoms with Gasteiger partial charge in [0.1, 0.15) is 5.75 Å². The number of hydrogen-bond acceptors (Lipinski definition) is 3. The highest BCUT2D eigenvalue weighted by Gasteiger charge is 2.30. The van der Waals surface area contributed by atoms with E-state index >= 15 is 0 Å². The zero-order valence-electron chi connectivity index (χ0n) is 14.8. The van der Waals surface area contributed by atoms with Crippen LogP contribution in [0.25, 0.3) is 0 Å². The fraction of sp³-hybridized carbons (Fsp3) is 0.381.